The fraction of sp³-hybridized carbons (Fsp3) is 0.462. The Labute approximate surface area is 119 Å². The van der Waals surface area contributed by atoms with Gasteiger partial charge in [-0.05, 0) is 24.6 Å². The third-order valence-corrected chi connectivity index (χ3v) is 2.89. The maximum Gasteiger partial charge on any atom is 0.401 e. The van der Waals surface area contributed by atoms with E-state index in [4.69, 9.17) is 9.47 Å². The van der Waals surface area contributed by atoms with E-state index in [-0.39, 0.29) is 12.8 Å². The molecule has 1 aromatic carbocycles. The highest BCUT2D eigenvalue weighted by Gasteiger charge is 2.26. The SMILES string of the molecule is CC(NC(=O)CNCC(F)(F)F)c1ccc2c(c1)OCO2. The van der Waals surface area contributed by atoms with Crippen LogP contribution in [0.2, 0.25) is 0 Å². The van der Waals surface area contributed by atoms with Crippen LogP contribution in [0.3, 0.4) is 0 Å². The minimum atomic E-state index is -4.33. The Kier molecular flexibility index (Phi) is 4.56. The molecule has 116 valence electrons. The van der Waals surface area contributed by atoms with Gasteiger partial charge in [0.1, 0.15) is 0 Å². The number of carbonyl (C=O) groups excluding carboxylic acids is 1. The van der Waals surface area contributed by atoms with Gasteiger partial charge < -0.3 is 20.1 Å². The van der Waals surface area contributed by atoms with Gasteiger partial charge in [-0.1, -0.05) is 6.07 Å². The van der Waals surface area contributed by atoms with E-state index in [1.807, 2.05) is 5.32 Å². The van der Waals surface area contributed by atoms with Gasteiger partial charge in [0, 0.05) is 0 Å². The molecular weight excluding hydrogens is 289 g/mol. The highest BCUT2D eigenvalue weighted by atomic mass is 19.4. The van der Waals surface area contributed by atoms with Crippen molar-refractivity contribution in [1.82, 2.24) is 10.6 Å². The van der Waals surface area contributed by atoms with Gasteiger partial charge in [-0.2, -0.15) is 13.2 Å². The molecule has 1 aliphatic rings. The molecule has 8 heteroatoms. The van der Waals surface area contributed by atoms with Crippen LogP contribution >= 0.6 is 0 Å². The maximum atomic E-state index is 11.9. The van der Waals surface area contributed by atoms with Crippen molar-refractivity contribution in [2.24, 2.45) is 0 Å². The Morgan fingerprint density at radius 1 is 1.33 bits per heavy atom. The smallest absolute Gasteiger partial charge is 0.401 e. The lowest BCUT2D eigenvalue weighted by molar-refractivity contribution is -0.128. The molecule has 1 aliphatic heterocycles. The lowest BCUT2D eigenvalue weighted by Gasteiger charge is -2.15. The summed E-state index contributed by atoms with van der Waals surface area (Å²) >= 11 is 0. The molecule has 0 radical (unpaired) electrons. The third-order valence-electron chi connectivity index (χ3n) is 2.89. The minimum Gasteiger partial charge on any atom is -0.454 e. The van der Waals surface area contributed by atoms with Gasteiger partial charge in [-0.15, -0.1) is 0 Å². The highest BCUT2D eigenvalue weighted by Crippen LogP contribution is 2.34. The van der Waals surface area contributed by atoms with E-state index in [1.54, 1.807) is 25.1 Å². The van der Waals surface area contributed by atoms with Crippen LogP contribution in [0.4, 0.5) is 13.2 Å². The van der Waals surface area contributed by atoms with Crippen LogP contribution < -0.4 is 20.1 Å². The summed E-state index contributed by atoms with van der Waals surface area (Å²) in [5.74, 6) is 0.706. The van der Waals surface area contributed by atoms with Crippen molar-refractivity contribution >= 4 is 5.91 Å². The van der Waals surface area contributed by atoms with E-state index in [1.165, 1.54) is 0 Å². The van der Waals surface area contributed by atoms with Crippen LogP contribution in [0.1, 0.15) is 18.5 Å². The van der Waals surface area contributed by atoms with Gasteiger partial charge in [-0.3, -0.25) is 4.79 Å². The molecule has 0 spiro atoms. The van der Waals surface area contributed by atoms with E-state index in [0.717, 1.165) is 5.56 Å². The molecule has 0 bridgehead atoms. The Bertz CT molecular complexity index is 520. The number of fused-ring (bicyclic) bond motifs is 1. The molecule has 1 atom stereocenters. The van der Waals surface area contributed by atoms with Gasteiger partial charge in [0.05, 0.1) is 19.1 Å². The van der Waals surface area contributed by atoms with Crippen molar-refractivity contribution in [1.29, 1.82) is 0 Å². The molecule has 0 saturated heterocycles. The van der Waals surface area contributed by atoms with Crippen molar-refractivity contribution in [3.63, 3.8) is 0 Å². The van der Waals surface area contributed by atoms with Crippen LogP contribution in [0.25, 0.3) is 0 Å². The van der Waals surface area contributed by atoms with Gasteiger partial charge >= 0.3 is 6.18 Å². The lowest BCUT2D eigenvalue weighted by atomic mass is 10.1. The predicted octanol–water partition coefficient (Wildman–Crippen LogP) is 1.74. The Hall–Kier alpha value is -1.96. The number of hydrogen-bond acceptors (Lipinski definition) is 4. The number of alkyl halides is 3. The molecule has 1 heterocycles. The zero-order valence-electron chi connectivity index (χ0n) is 11.3. The second kappa shape index (κ2) is 6.21. The third kappa shape index (κ3) is 4.52. The summed E-state index contributed by atoms with van der Waals surface area (Å²) in [6.45, 7) is 0.299. The molecule has 21 heavy (non-hydrogen) atoms. The topological polar surface area (TPSA) is 59.6 Å². The molecule has 5 nitrogen and oxygen atoms in total. The summed E-state index contributed by atoms with van der Waals surface area (Å²) in [5.41, 5.74) is 0.781. The minimum absolute atomic E-state index is 0.154. The van der Waals surface area contributed by atoms with E-state index < -0.39 is 25.2 Å². The van der Waals surface area contributed by atoms with Crippen LogP contribution in [-0.4, -0.2) is 32.0 Å². The van der Waals surface area contributed by atoms with Crippen LogP contribution in [0.5, 0.6) is 11.5 Å². The average Bonchev–Trinajstić information content (AvgIpc) is 2.83. The number of carbonyl (C=O) groups is 1. The standard InChI is InChI=1S/C13H15F3N2O3/c1-8(18-12(19)5-17-6-13(14,15)16)9-2-3-10-11(4-9)21-7-20-10/h2-4,8,17H,5-7H2,1H3,(H,18,19). The van der Waals surface area contributed by atoms with E-state index in [0.29, 0.717) is 11.5 Å². The first-order valence-electron chi connectivity index (χ1n) is 6.31. The molecule has 1 unspecified atom stereocenters. The molecule has 2 rings (SSSR count). The van der Waals surface area contributed by atoms with Gasteiger partial charge in [0.2, 0.25) is 12.7 Å². The predicted molar refractivity (Wildman–Crippen MR) is 68.0 cm³/mol. The van der Waals surface area contributed by atoms with Crippen LogP contribution in [0.15, 0.2) is 18.2 Å². The number of halogens is 3. The number of benzene rings is 1. The quantitative estimate of drug-likeness (QED) is 0.870. The van der Waals surface area contributed by atoms with Crippen molar-refractivity contribution in [3.8, 4) is 11.5 Å². The summed E-state index contributed by atoms with van der Waals surface area (Å²) in [7, 11) is 0. The largest absolute Gasteiger partial charge is 0.454 e. The molecule has 0 fully saturated rings. The Morgan fingerprint density at radius 2 is 2.05 bits per heavy atom. The summed E-state index contributed by atoms with van der Waals surface area (Å²) in [6.07, 6.45) is -4.33. The molecule has 0 aliphatic carbocycles. The second-order valence-corrected chi connectivity index (χ2v) is 4.62. The van der Waals surface area contributed by atoms with Crippen molar-refractivity contribution in [2.45, 2.75) is 19.1 Å². The molecule has 2 N–H and O–H groups in total. The number of ether oxygens (including phenoxy) is 2. The highest BCUT2D eigenvalue weighted by molar-refractivity contribution is 5.78. The molecule has 0 saturated carbocycles. The van der Waals surface area contributed by atoms with Gasteiger partial charge in [-0.25, -0.2) is 0 Å². The van der Waals surface area contributed by atoms with E-state index in [2.05, 4.69) is 5.32 Å². The first-order valence-corrected chi connectivity index (χ1v) is 6.31. The van der Waals surface area contributed by atoms with Crippen LogP contribution in [-0.2, 0) is 4.79 Å². The molecule has 1 aromatic rings. The monoisotopic (exact) mass is 304 g/mol. The molecular formula is C13H15F3N2O3. The number of rotatable bonds is 5. The van der Waals surface area contributed by atoms with E-state index in [9.17, 15) is 18.0 Å². The average molecular weight is 304 g/mol. The summed E-state index contributed by atoms with van der Waals surface area (Å²) in [5, 5.41) is 4.65. The van der Waals surface area contributed by atoms with E-state index >= 15 is 0 Å². The summed E-state index contributed by atoms with van der Waals surface area (Å²) in [6, 6.07) is 4.87. The van der Waals surface area contributed by atoms with Gasteiger partial charge in [0.15, 0.2) is 11.5 Å². The van der Waals surface area contributed by atoms with Crippen molar-refractivity contribution in [3.05, 3.63) is 23.8 Å². The summed E-state index contributed by atoms with van der Waals surface area (Å²) in [4.78, 5) is 11.5. The number of hydrogen-bond donors (Lipinski definition) is 2. The fourth-order valence-corrected chi connectivity index (χ4v) is 1.88. The first-order chi connectivity index (χ1) is 9.85. The zero-order valence-corrected chi connectivity index (χ0v) is 11.3. The van der Waals surface area contributed by atoms with Crippen LogP contribution in [0, 0.1) is 0 Å². The van der Waals surface area contributed by atoms with Crippen molar-refractivity contribution in [2.75, 3.05) is 19.9 Å². The fourth-order valence-electron chi connectivity index (χ4n) is 1.88. The normalized spacial score (nSPS) is 14.9. The first kappa shape index (κ1) is 15.4. The second-order valence-electron chi connectivity index (χ2n) is 4.62. The Morgan fingerprint density at radius 3 is 2.76 bits per heavy atom. The Balaban J connectivity index is 1.83. The maximum absolute atomic E-state index is 11.9. The van der Waals surface area contributed by atoms with Gasteiger partial charge in [0.25, 0.3) is 0 Å². The zero-order chi connectivity index (χ0) is 15.5. The number of nitrogens with one attached hydrogen (secondary N) is 2. The lowest BCUT2D eigenvalue weighted by Crippen LogP contribution is -2.39. The number of amides is 1. The summed E-state index contributed by atoms with van der Waals surface area (Å²) < 4.78 is 46.2. The molecule has 0 aromatic heterocycles. The molecule has 1 amide bonds. The van der Waals surface area contributed by atoms with Crippen molar-refractivity contribution < 1.29 is 27.4 Å².